The van der Waals surface area contributed by atoms with Gasteiger partial charge in [0.2, 0.25) is 0 Å². The molecule has 5 nitrogen and oxygen atoms in total. The number of unbranched alkanes of at least 4 members (excludes halogenated alkanes) is 22. The van der Waals surface area contributed by atoms with Crippen LogP contribution in [0.25, 0.3) is 0 Å². The van der Waals surface area contributed by atoms with Gasteiger partial charge < -0.3 is 14.4 Å². The van der Waals surface area contributed by atoms with Crippen LogP contribution in [0, 0.1) is 0 Å². The molecule has 48 heavy (non-hydrogen) atoms. The SMILES string of the molecule is CCCCCCCC/C=C\CCCCCCCC(=O)OCC(CBr)OC(=O)CCCCCCC/C=C\CCCCCCCC.CN(C)C. The van der Waals surface area contributed by atoms with Crippen LogP contribution in [0.2, 0.25) is 0 Å². The Bertz CT molecular complexity index is 722. The zero-order valence-corrected chi connectivity index (χ0v) is 34.1. The van der Waals surface area contributed by atoms with Crippen molar-refractivity contribution < 1.29 is 19.1 Å². The van der Waals surface area contributed by atoms with Gasteiger partial charge in [-0.1, -0.05) is 157 Å². The summed E-state index contributed by atoms with van der Waals surface area (Å²) in [7, 11) is 6.00. The van der Waals surface area contributed by atoms with Gasteiger partial charge in [0.05, 0.1) is 0 Å². The molecular weight excluding hydrogens is 662 g/mol. The summed E-state index contributed by atoms with van der Waals surface area (Å²) in [5.74, 6) is -0.387. The fourth-order valence-electron chi connectivity index (χ4n) is 5.29. The summed E-state index contributed by atoms with van der Waals surface area (Å²) in [5.41, 5.74) is 0. The summed E-state index contributed by atoms with van der Waals surface area (Å²) in [4.78, 5) is 26.3. The molecule has 0 saturated heterocycles. The Morgan fingerprint density at radius 2 is 0.833 bits per heavy atom. The smallest absolute Gasteiger partial charge is 0.306 e. The Balaban J connectivity index is 0. The van der Waals surface area contributed by atoms with E-state index in [1.165, 1.54) is 128 Å². The minimum absolute atomic E-state index is 0.132. The van der Waals surface area contributed by atoms with E-state index in [1.807, 2.05) is 26.0 Å². The highest BCUT2D eigenvalue weighted by Gasteiger charge is 2.15. The van der Waals surface area contributed by atoms with Gasteiger partial charge in [-0.3, -0.25) is 9.59 Å². The molecule has 0 aromatic carbocycles. The van der Waals surface area contributed by atoms with E-state index in [-0.39, 0.29) is 18.5 Å². The number of esters is 2. The summed E-state index contributed by atoms with van der Waals surface area (Å²) in [6.07, 6.45) is 42.0. The van der Waals surface area contributed by atoms with Crippen molar-refractivity contribution in [2.24, 2.45) is 0 Å². The highest BCUT2D eigenvalue weighted by Crippen LogP contribution is 2.13. The van der Waals surface area contributed by atoms with Gasteiger partial charge in [-0.2, -0.15) is 0 Å². The summed E-state index contributed by atoms with van der Waals surface area (Å²) in [5, 5.41) is 0.478. The number of ether oxygens (including phenoxy) is 2. The molecule has 0 aliphatic heterocycles. The van der Waals surface area contributed by atoms with E-state index < -0.39 is 6.10 Å². The van der Waals surface area contributed by atoms with Crippen LogP contribution in [-0.4, -0.2) is 56.0 Å². The van der Waals surface area contributed by atoms with Crippen LogP contribution < -0.4 is 0 Å². The Kier molecular flexibility index (Phi) is 42.9. The van der Waals surface area contributed by atoms with E-state index in [0.717, 1.165) is 38.5 Å². The quantitative estimate of drug-likeness (QED) is 0.0284. The van der Waals surface area contributed by atoms with Crippen molar-refractivity contribution in [3.63, 3.8) is 0 Å². The van der Waals surface area contributed by atoms with Crippen molar-refractivity contribution >= 4 is 27.9 Å². The van der Waals surface area contributed by atoms with E-state index in [4.69, 9.17) is 9.47 Å². The van der Waals surface area contributed by atoms with Crippen LogP contribution in [0.1, 0.15) is 194 Å². The van der Waals surface area contributed by atoms with Gasteiger partial charge in [0.15, 0.2) is 0 Å². The molecule has 0 saturated carbocycles. The van der Waals surface area contributed by atoms with Crippen molar-refractivity contribution in [2.45, 2.75) is 200 Å². The first-order valence-electron chi connectivity index (χ1n) is 20.2. The van der Waals surface area contributed by atoms with Gasteiger partial charge in [0.25, 0.3) is 0 Å². The minimum Gasteiger partial charge on any atom is -0.462 e. The molecule has 0 aliphatic carbocycles. The van der Waals surface area contributed by atoms with Crippen LogP contribution in [0.4, 0.5) is 0 Å². The second kappa shape index (κ2) is 42.0. The molecule has 1 atom stereocenters. The van der Waals surface area contributed by atoms with Gasteiger partial charge in [-0.25, -0.2) is 0 Å². The molecular formula is C42H80BrNO4. The summed E-state index contributed by atoms with van der Waals surface area (Å²) in [6.45, 7) is 4.66. The maximum absolute atomic E-state index is 12.2. The number of hydrogen-bond acceptors (Lipinski definition) is 5. The maximum atomic E-state index is 12.2. The van der Waals surface area contributed by atoms with Crippen LogP contribution >= 0.6 is 15.9 Å². The molecule has 0 rings (SSSR count). The van der Waals surface area contributed by atoms with Gasteiger partial charge in [0, 0.05) is 18.2 Å². The lowest BCUT2D eigenvalue weighted by Gasteiger charge is -2.15. The third-order valence-electron chi connectivity index (χ3n) is 8.19. The number of rotatable bonds is 34. The maximum Gasteiger partial charge on any atom is 0.306 e. The van der Waals surface area contributed by atoms with Crippen LogP contribution in [0.15, 0.2) is 24.3 Å². The molecule has 284 valence electrons. The summed E-state index contributed by atoms with van der Waals surface area (Å²) in [6, 6.07) is 0. The van der Waals surface area contributed by atoms with Crippen molar-refractivity contribution in [1.29, 1.82) is 0 Å². The molecule has 0 amide bonds. The summed E-state index contributed by atoms with van der Waals surface area (Å²) < 4.78 is 10.9. The van der Waals surface area contributed by atoms with Crippen molar-refractivity contribution in [2.75, 3.05) is 33.1 Å². The van der Waals surface area contributed by atoms with E-state index in [1.54, 1.807) is 0 Å². The predicted molar refractivity (Wildman–Crippen MR) is 213 cm³/mol. The molecule has 0 N–H and O–H groups in total. The molecule has 0 aromatic rings. The molecule has 0 bridgehead atoms. The van der Waals surface area contributed by atoms with Crippen LogP contribution in [0.5, 0.6) is 0 Å². The zero-order chi connectivity index (χ0) is 35.8. The molecule has 0 aromatic heterocycles. The number of carbonyl (C=O) groups excluding carboxylic acids is 2. The van der Waals surface area contributed by atoms with Gasteiger partial charge in [-0.15, -0.1) is 0 Å². The average Bonchev–Trinajstić information content (AvgIpc) is 3.06. The van der Waals surface area contributed by atoms with Crippen LogP contribution in [0.3, 0.4) is 0 Å². The number of halogens is 1. The Morgan fingerprint density at radius 3 is 1.19 bits per heavy atom. The minimum atomic E-state index is -0.413. The van der Waals surface area contributed by atoms with E-state index in [2.05, 4.69) is 54.1 Å². The highest BCUT2D eigenvalue weighted by molar-refractivity contribution is 9.09. The fourth-order valence-corrected chi connectivity index (χ4v) is 5.61. The summed E-state index contributed by atoms with van der Waals surface area (Å²) >= 11 is 3.39. The average molecular weight is 743 g/mol. The molecule has 0 fully saturated rings. The number of carbonyl (C=O) groups is 2. The van der Waals surface area contributed by atoms with Crippen molar-refractivity contribution in [1.82, 2.24) is 4.90 Å². The molecule has 0 radical (unpaired) electrons. The Hall–Kier alpha value is -1.14. The largest absolute Gasteiger partial charge is 0.462 e. The van der Waals surface area contributed by atoms with Gasteiger partial charge in [0.1, 0.15) is 12.7 Å². The third-order valence-corrected chi connectivity index (χ3v) is 8.91. The zero-order valence-electron chi connectivity index (χ0n) is 32.6. The Morgan fingerprint density at radius 1 is 0.521 bits per heavy atom. The van der Waals surface area contributed by atoms with Gasteiger partial charge in [-0.05, 0) is 85.4 Å². The first-order chi connectivity index (χ1) is 23.4. The Labute approximate surface area is 308 Å². The first kappa shape index (κ1) is 49.0. The van der Waals surface area contributed by atoms with Gasteiger partial charge >= 0.3 is 11.9 Å². The van der Waals surface area contributed by atoms with Crippen molar-refractivity contribution in [3.8, 4) is 0 Å². The number of alkyl halides is 1. The van der Waals surface area contributed by atoms with E-state index >= 15 is 0 Å². The monoisotopic (exact) mass is 742 g/mol. The second-order valence-corrected chi connectivity index (χ2v) is 14.6. The molecule has 0 aliphatic rings. The lowest BCUT2D eigenvalue weighted by atomic mass is 10.1. The topological polar surface area (TPSA) is 55.8 Å². The molecule has 6 heteroatoms. The molecule has 1 unspecified atom stereocenters. The van der Waals surface area contributed by atoms with E-state index in [9.17, 15) is 9.59 Å². The number of allylic oxidation sites excluding steroid dienone is 4. The lowest BCUT2D eigenvalue weighted by Crippen LogP contribution is -2.26. The molecule has 0 heterocycles. The number of nitrogens with zero attached hydrogens (tertiary/aromatic N) is 1. The standard InChI is InChI=1S/C39H71BrO4.C3H9N/c1-3-5-7-9-11-13-15-17-19-21-23-25-27-29-31-33-38(41)43-36-37(35-40)44-39(42)34-32-30-28-26-24-22-20-18-16-14-12-10-8-6-4-2;1-4(2)3/h17-20,37H,3-16,21-36H2,1-2H3;1-3H3/b19-17-,20-18-;. The van der Waals surface area contributed by atoms with Crippen molar-refractivity contribution in [3.05, 3.63) is 24.3 Å². The van der Waals surface area contributed by atoms with E-state index in [0.29, 0.717) is 18.2 Å². The number of hydrogen-bond donors (Lipinski definition) is 0. The normalized spacial score (nSPS) is 12.1. The lowest BCUT2D eigenvalue weighted by molar-refractivity contribution is -0.157. The second-order valence-electron chi connectivity index (χ2n) is 14.0. The highest BCUT2D eigenvalue weighted by atomic mass is 79.9. The predicted octanol–water partition coefficient (Wildman–Crippen LogP) is 13.1. The molecule has 0 spiro atoms. The fraction of sp³-hybridized carbons (Fsp3) is 0.857. The first-order valence-corrected chi connectivity index (χ1v) is 21.3. The van der Waals surface area contributed by atoms with Crippen LogP contribution in [-0.2, 0) is 19.1 Å². The third kappa shape index (κ3) is 44.9.